The fraction of sp³-hybridized carbons (Fsp3) is 0.444. The molecule has 1 aromatic rings. The van der Waals surface area contributed by atoms with Crippen LogP contribution in [0.2, 0.25) is 0 Å². The van der Waals surface area contributed by atoms with E-state index in [0.29, 0.717) is 10.6 Å². The van der Waals surface area contributed by atoms with Gasteiger partial charge in [0.15, 0.2) is 9.84 Å². The van der Waals surface area contributed by atoms with E-state index in [1.165, 1.54) is 0 Å². The summed E-state index contributed by atoms with van der Waals surface area (Å²) in [5.74, 6) is 0. The molecule has 2 atom stereocenters. The predicted octanol–water partition coefficient (Wildman–Crippen LogP) is 1.05. The van der Waals surface area contributed by atoms with Crippen LogP contribution in [0, 0.1) is 6.92 Å². The van der Waals surface area contributed by atoms with Crippen molar-refractivity contribution in [1.82, 2.24) is 4.98 Å². The normalized spacial score (nSPS) is 30.2. The van der Waals surface area contributed by atoms with Crippen molar-refractivity contribution in [2.24, 2.45) is 10.2 Å². The Morgan fingerprint density at radius 3 is 3.07 bits per heavy atom. The molecule has 3 rings (SSSR count). The van der Waals surface area contributed by atoms with Gasteiger partial charge in [0.05, 0.1) is 17.1 Å². The molecule has 15 heavy (non-hydrogen) atoms. The average Bonchev–Trinajstić information content (AvgIpc) is 2.71. The van der Waals surface area contributed by atoms with Gasteiger partial charge in [0.2, 0.25) is 0 Å². The maximum Gasteiger partial charge on any atom is 0.187 e. The zero-order valence-electron chi connectivity index (χ0n) is 8.08. The van der Waals surface area contributed by atoms with Crippen molar-refractivity contribution in [2.75, 3.05) is 6.54 Å². The molecule has 0 radical (unpaired) electrons. The van der Waals surface area contributed by atoms with Crippen LogP contribution < -0.4 is 0 Å². The molecule has 0 amide bonds. The highest BCUT2D eigenvalue weighted by molar-refractivity contribution is 7.92. The van der Waals surface area contributed by atoms with E-state index < -0.39 is 15.1 Å². The van der Waals surface area contributed by atoms with E-state index in [2.05, 4.69) is 15.2 Å². The van der Waals surface area contributed by atoms with Gasteiger partial charge in [0.1, 0.15) is 11.3 Å². The second-order valence-electron chi connectivity index (χ2n) is 3.78. The Morgan fingerprint density at radius 1 is 1.47 bits per heavy atom. The van der Waals surface area contributed by atoms with Gasteiger partial charge in [0, 0.05) is 11.8 Å². The Labute approximate surface area is 87.2 Å². The fourth-order valence-electron chi connectivity index (χ4n) is 2.25. The summed E-state index contributed by atoms with van der Waals surface area (Å²) in [6, 6.07) is 1.43. The highest BCUT2D eigenvalue weighted by Gasteiger charge is 2.48. The van der Waals surface area contributed by atoms with Crippen LogP contribution in [0.4, 0.5) is 0 Å². The summed E-state index contributed by atoms with van der Waals surface area (Å²) in [6.45, 7) is 2.00. The van der Waals surface area contributed by atoms with Crippen LogP contribution in [0.5, 0.6) is 0 Å². The maximum absolute atomic E-state index is 12.1. The molecule has 5 nitrogen and oxygen atoms in total. The van der Waals surface area contributed by atoms with Gasteiger partial charge in [-0.3, -0.25) is 4.98 Å². The van der Waals surface area contributed by atoms with Crippen molar-refractivity contribution in [2.45, 2.75) is 23.1 Å². The minimum Gasteiger partial charge on any atom is -0.260 e. The van der Waals surface area contributed by atoms with Crippen LogP contribution in [-0.2, 0) is 9.84 Å². The number of hydrogen-bond acceptors (Lipinski definition) is 5. The summed E-state index contributed by atoms with van der Waals surface area (Å²) in [5, 5.41) is 7.32. The molecule has 0 unspecified atom stereocenters. The van der Waals surface area contributed by atoms with Gasteiger partial charge < -0.3 is 0 Å². The molecule has 6 heteroatoms. The van der Waals surface area contributed by atoms with Gasteiger partial charge in [-0.1, -0.05) is 0 Å². The lowest BCUT2D eigenvalue weighted by Gasteiger charge is -2.03. The van der Waals surface area contributed by atoms with Gasteiger partial charge in [-0.15, -0.1) is 0 Å². The first kappa shape index (κ1) is 8.96. The molecule has 0 aromatic carbocycles. The van der Waals surface area contributed by atoms with E-state index >= 15 is 0 Å². The van der Waals surface area contributed by atoms with Gasteiger partial charge >= 0.3 is 0 Å². The van der Waals surface area contributed by atoms with Crippen molar-refractivity contribution < 1.29 is 8.42 Å². The lowest BCUT2D eigenvalue weighted by molar-refractivity contribution is 0.584. The van der Waals surface area contributed by atoms with Crippen molar-refractivity contribution in [3.05, 3.63) is 23.5 Å². The Bertz CT molecular complexity index is 565. The minimum absolute atomic E-state index is 0.279. The topological polar surface area (TPSA) is 71.8 Å². The number of azo groups is 1. The number of fused-ring (bicyclic) bond motifs is 3. The van der Waals surface area contributed by atoms with Gasteiger partial charge in [0.25, 0.3) is 0 Å². The monoisotopic (exact) mass is 223 g/mol. The molecule has 0 N–H and O–H groups in total. The lowest BCUT2D eigenvalue weighted by atomic mass is 10.1. The fourth-order valence-corrected chi connectivity index (χ4v) is 4.33. The Balaban J connectivity index is 2.38. The first-order valence-corrected chi connectivity index (χ1v) is 6.23. The van der Waals surface area contributed by atoms with Crippen LogP contribution in [0.15, 0.2) is 27.4 Å². The van der Waals surface area contributed by atoms with Crippen molar-refractivity contribution in [3.63, 3.8) is 0 Å². The molecule has 1 aromatic heterocycles. The third-order valence-corrected chi connectivity index (χ3v) is 5.24. The number of sulfone groups is 1. The molecule has 0 aliphatic carbocycles. The SMILES string of the molecule is Cc1nccc2c1S(=O)(=O)[C@H]1CN=N[C@@H]21. The smallest absolute Gasteiger partial charge is 0.187 e. The molecule has 2 aliphatic heterocycles. The highest BCUT2D eigenvalue weighted by Crippen LogP contribution is 2.44. The van der Waals surface area contributed by atoms with Gasteiger partial charge in [-0.05, 0) is 13.0 Å². The van der Waals surface area contributed by atoms with E-state index in [4.69, 9.17) is 0 Å². The second-order valence-corrected chi connectivity index (χ2v) is 5.89. The maximum atomic E-state index is 12.1. The zero-order chi connectivity index (χ0) is 10.6. The van der Waals surface area contributed by atoms with Crippen molar-refractivity contribution in [3.8, 4) is 0 Å². The van der Waals surface area contributed by atoms with Crippen molar-refractivity contribution in [1.29, 1.82) is 0 Å². The first-order chi connectivity index (χ1) is 7.12. The number of nitrogens with zero attached hydrogens (tertiary/aromatic N) is 3. The molecule has 0 saturated heterocycles. The summed E-state index contributed by atoms with van der Waals surface area (Å²) >= 11 is 0. The number of rotatable bonds is 0. The Kier molecular flexibility index (Phi) is 1.57. The summed E-state index contributed by atoms with van der Waals surface area (Å²) < 4.78 is 24.3. The molecule has 0 spiro atoms. The van der Waals surface area contributed by atoms with E-state index in [1.807, 2.05) is 0 Å². The number of aromatic nitrogens is 1. The highest BCUT2D eigenvalue weighted by atomic mass is 32.2. The summed E-state index contributed by atoms with van der Waals surface area (Å²) in [5.41, 5.74) is 1.32. The molecule has 0 bridgehead atoms. The Hall–Kier alpha value is -1.30. The van der Waals surface area contributed by atoms with E-state index in [0.717, 1.165) is 5.56 Å². The second kappa shape index (κ2) is 2.63. The largest absolute Gasteiger partial charge is 0.260 e. The predicted molar refractivity (Wildman–Crippen MR) is 52.4 cm³/mol. The molecule has 3 heterocycles. The third-order valence-electron chi connectivity index (χ3n) is 2.93. The average molecular weight is 223 g/mol. The van der Waals surface area contributed by atoms with E-state index in [1.54, 1.807) is 19.2 Å². The van der Waals surface area contributed by atoms with Crippen LogP contribution in [0.1, 0.15) is 17.3 Å². The molecule has 78 valence electrons. The molecule has 0 fully saturated rings. The molecular formula is C9H9N3O2S. The zero-order valence-corrected chi connectivity index (χ0v) is 8.90. The number of aryl methyl sites for hydroxylation is 1. The van der Waals surface area contributed by atoms with Crippen LogP contribution in [0.25, 0.3) is 0 Å². The van der Waals surface area contributed by atoms with Gasteiger partial charge in [-0.25, -0.2) is 8.42 Å². The number of pyridine rings is 1. The quantitative estimate of drug-likeness (QED) is 0.660. The molecule has 2 aliphatic rings. The minimum atomic E-state index is -3.26. The first-order valence-electron chi connectivity index (χ1n) is 4.68. The van der Waals surface area contributed by atoms with Gasteiger partial charge in [-0.2, -0.15) is 10.2 Å². The molecule has 0 saturated carbocycles. The summed E-state index contributed by atoms with van der Waals surface area (Å²) in [6.07, 6.45) is 1.62. The lowest BCUT2D eigenvalue weighted by Crippen LogP contribution is -2.20. The standard InChI is InChI=1S/C9H9N3O2S/c1-5-9-6(2-3-10-5)8-7(4-11-12-8)15(9,13)14/h2-3,7-8H,4H2,1H3/t7-,8-/m0/s1. The van der Waals surface area contributed by atoms with Crippen molar-refractivity contribution >= 4 is 9.84 Å². The van der Waals surface area contributed by atoms with E-state index in [9.17, 15) is 8.42 Å². The summed E-state index contributed by atoms with van der Waals surface area (Å²) in [7, 11) is -3.26. The molecular weight excluding hydrogens is 214 g/mol. The third kappa shape index (κ3) is 0.971. The number of hydrogen-bond donors (Lipinski definition) is 0. The van der Waals surface area contributed by atoms with Crippen LogP contribution in [-0.4, -0.2) is 25.2 Å². The van der Waals surface area contributed by atoms with E-state index in [-0.39, 0.29) is 12.6 Å². The van der Waals surface area contributed by atoms with Crippen LogP contribution in [0.3, 0.4) is 0 Å². The van der Waals surface area contributed by atoms with Crippen LogP contribution >= 0.6 is 0 Å². The Morgan fingerprint density at radius 2 is 2.27 bits per heavy atom. The summed E-state index contributed by atoms with van der Waals surface area (Å²) in [4.78, 5) is 4.40.